The Morgan fingerprint density at radius 1 is 0.667 bits per heavy atom. The second-order valence-corrected chi connectivity index (χ2v) is 4.91. The van der Waals surface area contributed by atoms with Crippen LogP contribution in [0.5, 0.6) is 0 Å². The number of rotatable bonds is 3. The third-order valence-corrected chi connectivity index (χ3v) is 3.51. The molecule has 3 N–H and O–H groups in total. The molecule has 3 aromatic carbocycles. The second kappa shape index (κ2) is 5.63. The maximum Gasteiger partial charge on any atom is 0.0705 e. The van der Waals surface area contributed by atoms with Gasteiger partial charge in [-0.15, -0.1) is 0 Å². The number of nitrogen functional groups attached to an aromatic ring is 1. The van der Waals surface area contributed by atoms with Gasteiger partial charge in [-0.05, 0) is 17.2 Å². The van der Waals surface area contributed by atoms with Gasteiger partial charge in [0, 0.05) is 16.8 Å². The quantitative estimate of drug-likeness (QED) is 0.540. The molecule has 0 bridgehead atoms. The molecule has 102 valence electrons. The number of nitrogens with one attached hydrogen (secondary N) is 1. The zero-order chi connectivity index (χ0) is 14.7. The Labute approximate surface area is 124 Å². The molecule has 21 heavy (non-hydrogen) atoms. The van der Waals surface area contributed by atoms with Gasteiger partial charge < -0.3 is 5.73 Å². The van der Waals surface area contributed by atoms with Gasteiger partial charge in [0.05, 0.1) is 5.71 Å². The normalized spacial score (nSPS) is 10.3. The van der Waals surface area contributed by atoms with Gasteiger partial charge in [-0.2, -0.15) is 0 Å². The van der Waals surface area contributed by atoms with Crippen molar-refractivity contribution in [2.24, 2.45) is 0 Å². The Morgan fingerprint density at radius 2 is 1.24 bits per heavy atom. The Balaban J connectivity index is 1.91. The van der Waals surface area contributed by atoms with Crippen molar-refractivity contribution in [3.05, 3.63) is 90.0 Å². The summed E-state index contributed by atoms with van der Waals surface area (Å²) < 4.78 is 0. The summed E-state index contributed by atoms with van der Waals surface area (Å²) in [6.07, 6.45) is 0. The Kier molecular flexibility index (Phi) is 3.52. The lowest BCUT2D eigenvalue weighted by Gasteiger charge is -2.08. The minimum absolute atomic E-state index is 0.452. The van der Waals surface area contributed by atoms with Gasteiger partial charge >= 0.3 is 0 Å². The predicted octanol–water partition coefficient (Wildman–Crippen LogP) is 4.35. The fourth-order valence-electron chi connectivity index (χ4n) is 2.34. The Bertz CT molecular complexity index is 759. The highest BCUT2D eigenvalue weighted by Crippen LogP contribution is 2.21. The Hall–Kier alpha value is -2.87. The van der Waals surface area contributed by atoms with E-state index < -0.39 is 0 Å². The summed E-state index contributed by atoms with van der Waals surface area (Å²) >= 11 is 0. The van der Waals surface area contributed by atoms with E-state index in [2.05, 4.69) is 12.1 Å². The second-order valence-electron chi connectivity index (χ2n) is 4.91. The molecular formula is C19H16N2. The molecule has 0 spiro atoms. The lowest BCUT2D eigenvalue weighted by atomic mass is 9.98. The van der Waals surface area contributed by atoms with E-state index in [-0.39, 0.29) is 0 Å². The molecule has 0 amide bonds. The molecule has 0 saturated heterocycles. The molecule has 2 nitrogen and oxygen atoms in total. The molecule has 2 heteroatoms. The summed E-state index contributed by atoms with van der Waals surface area (Å²) in [5.74, 6) is 0. The lowest BCUT2D eigenvalue weighted by Crippen LogP contribution is -2.04. The van der Waals surface area contributed by atoms with Crippen LogP contribution < -0.4 is 5.73 Å². The Morgan fingerprint density at radius 3 is 1.90 bits per heavy atom. The smallest absolute Gasteiger partial charge is 0.0705 e. The van der Waals surface area contributed by atoms with Crippen LogP contribution in [0.15, 0.2) is 78.9 Å². The number of anilines is 1. The molecule has 0 saturated carbocycles. The number of hydrogen-bond donors (Lipinski definition) is 2. The number of benzene rings is 3. The molecule has 3 aromatic rings. The van der Waals surface area contributed by atoms with Crippen molar-refractivity contribution in [2.45, 2.75) is 0 Å². The average Bonchev–Trinajstić information content (AvgIpc) is 2.56. The third kappa shape index (κ3) is 2.70. The maximum absolute atomic E-state index is 8.31. The first-order valence-corrected chi connectivity index (χ1v) is 6.85. The molecular weight excluding hydrogens is 256 g/mol. The highest BCUT2D eigenvalue weighted by Gasteiger charge is 2.08. The van der Waals surface area contributed by atoms with Crippen LogP contribution in [0.4, 0.5) is 5.69 Å². The average molecular weight is 272 g/mol. The van der Waals surface area contributed by atoms with Crippen molar-refractivity contribution < 1.29 is 0 Å². The van der Waals surface area contributed by atoms with Crippen LogP contribution in [0.2, 0.25) is 0 Å². The van der Waals surface area contributed by atoms with Gasteiger partial charge in [-0.1, -0.05) is 72.8 Å². The van der Waals surface area contributed by atoms with E-state index in [4.69, 9.17) is 11.1 Å². The number of hydrogen-bond acceptors (Lipinski definition) is 2. The van der Waals surface area contributed by atoms with Gasteiger partial charge in [-0.3, -0.25) is 5.41 Å². The summed E-state index contributed by atoms with van der Waals surface area (Å²) in [6.45, 7) is 0. The summed E-state index contributed by atoms with van der Waals surface area (Å²) in [4.78, 5) is 0. The van der Waals surface area contributed by atoms with Crippen molar-refractivity contribution in [3.63, 3.8) is 0 Å². The fourth-order valence-corrected chi connectivity index (χ4v) is 2.34. The van der Waals surface area contributed by atoms with E-state index in [1.165, 1.54) is 5.56 Å². The summed E-state index contributed by atoms with van der Waals surface area (Å²) in [7, 11) is 0. The fraction of sp³-hybridized carbons (Fsp3) is 0. The molecule has 0 aliphatic carbocycles. The van der Waals surface area contributed by atoms with E-state index in [1.807, 2.05) is 66.7 Å². The maximum atomic E-state index is 8.31. The van der Waals surface area contributed by atoms with Crippen LogP contribution in [0.3, 0.4) is 0 Å². The molecule has 0 aliphatic rings. The summed E-state index contributed by atoms with van der Waals surface area (Å²) in [6, 6.07) is 25.7. The van der Waals surface area contributed by atoms with Crippen LogP contribution in [-0.2, 0) is 0 Å². The SMILES string of the molecule is N=C(c1ccc(-c2ccccc2)cc1)c1ccccc1N. The van der Waals surface area contributed by atoms with Crippen LogP contribution in [0.1, 0.15) is 11.1 Å². The van der Waals surface area contributed by atoms with Crippen LogP contribution in [0, 0.1) is 5.41 Å². The minimum atomic E-state index is 0.452. The molecule has 0 radical (unpaired) electrons. The summed E-state index contributed by atoms with van der Waals surface area (Å²) in [5.41, 5.74) is 11.0. The van der Waals surface area contributed by atoms with Crippen LogP contribution >= 0.6 is 0 Å². The zero-order valence-corrected chi connectivity index (χ0v) is 11.6. The van der Waals surface area contributed by atoms with Gasteiger partial charge in [0.1, 0.15) is 0 Å². The lowest BCUT2D eigenvalue weighted by molar-refractivity contribution is 1.45. The van der Waals surface area contributed by atoms with Gasteiger partial charge in [0.2, 0.25) is 0 Å². The first kappa shape index (κ1) is 13.1. The van der Waals surface area contributed by atoms with Gasteiger partial charge in [0.25, 0.3) is 0 Å². The van der Waals surface area contributed by atoms with Crippen molar-refractivity contribution in [1.29, 1.82) is 5.41 Å². The minimum Gasteiger partial charge on any atom is -0.398 e. The van der Waals surface area contributed by atoms with Crippen molar-refractivity contribution in [1.82, 2.24) is 0 Å². The molecule has 0 aliphatic heterocycles. The van der Waals surface area contributed by atoms with Crippen LogP contribution in [-0.4, -0.2) is 5.71 Å². The van der Waals surface area contributed by atoms with E-state index in [9.17, 15) is 0 Å². The van der Waals surface area contributed by atoms with Crippen LogP contribution in [0.25, 0.3) is 11.1 Å². The van der Waals surface area contributed by atoms with Crippen molar-refractivity contribution in [3.8, 4) is 11.1 Å². The third-order valence-electron chi connectivity index (χ3n) is 3.51. The molecule has 0 aromatic heterocycles. The molecule has 0 fully saturated rings. The first-order chi connectivity index (χ1) is 10.3. The zero-order valence-electron chi connectivity index (χ0n) is 11.6. The molecule has 0 unspecified atom stereocenters. The number of nitrogens with two attached hydrogens (primary N) is 1. The standard InChI is InChI=1S/C19H16N2/c20-18-9-5-4-8-17(18)19(21)16-12-10-15(11-13-16)14-6-2-1-3-7-14/h1-13,21H,20H2. The van der Waals surface area contributed by atoms with E-state index >= 15 is 0 Å². The van der Waals surface area contributed by atoms with Crippen molar-refractivity contribution in [2.75, 3.05) is 5.73 Å². The highest BCUT2D eigenvalue weighted by atomic mass is 14.6. The van der Waals surface area contributed by atoms with E-state index in [0.29, 0.717) is 11.4 Å². The van der Waals surface area contributed by atoms with Crippen molar-refractivity contribution >= 4 is 11.4 Å². The van der Waals surface area contributed by atoms with E-state index in [0.717, 1.165) is 16.7 Å². The number of para-hydroxylation sites is 1. The van der Waals surface area contributed by atoms with Gasteiger partial charge in [0.15, 0.2) is 0 Å². The molecule has 3 rings (SSSR count). The summed E-state index contributed by atoms with van der Waals surface area (Å²) in [5, 5.41) is 8.31. The van der Waals surface area contributed by atoms with E-state index in [1.54, 1.807) is 0 Å². The molecule has 0 atom stereocenters. The predicted molar refractivity (Wildman–Crippen MR) is 88.7 cm³/mol. The highest BCUT2D eigenvalue weighted by molar-refractivity contribution is 6.13. The largest absolute Gasteiger partial charge is 0.398 e. The molecule has 0 heterocycles. The monoisotopic (exact) mass is 272 g/mol. The van der Waals surface area contributed by atoms with Gasteiger partial charge in [-0.25, -0.2) is 0 Å². The first-order valence-electron chi connectivity index (χ1n) is 6.85. The topological polar surface area (TPSA) is 49.9 Å².